The van der Waals surface area contributed by atoms with E-state index in [0.29, 0.717) is 33.9 Å². The molecular weight excluding hydrogens is 446 g/mol. The van der Waals surface area contributed by atoms with Crippen molar-refractivity contribution in [2.45, 2.75) is 44.2 Å². The summed E-state index contributed by atoms with van der Waals surface area (Å²) in [5, 5.41) is 10.8. The van der Waals surface area contributed by atoms with E-state index in [2.05, 4.69) is 30.1 Å². The van der Waals surface area contributed by atoms with Crippen molar-refractivity contribution >= 4 is 34.3 Å². The van der Waals surface area contributed by atoms with Crippen molar-refractivity contribution in [3.63, 3.8) is 0 Å². The summed E-state index contributed by atoms with van der Waals surface area (Å²) in [7, 11) is 1.89. The van der Waals surface area contributed by atoms with Crippen LogP contribution in [-0.2, 0) is 19.4 Å². The molecule has 0 saturated carbocycles. The van der Waals surface area contributed by atoms with E-state index in [1.54, 1.807) is 12.1 Å². The van der Waals surface area contributed by atoms with Gasteiger partial charge in [-0.25, -0.2) is 4.79 Å². The zero-order chi connectivity index (χ0) is 22.8. The molecule has 6 nitrogen and oxygen atoms in total. The van der Waals surface area contributed by atoms with Gasteiger partial charge in [-0.15, -0.1) is 10.2 Å². The smallest absolute Gasteiger partial charge is 0.336 e. The van der Waals surface area contributed by atoms with E-state index in [1.165, 1.54) is 17.3 Å². The maximum absolute atomic E-state index is 12.1. The van der Waals surface area contributed by atoms with Crippen LogP contribution in [0.4, 0.5) is 0 Å². The third kappa shape index (κ3) is 4.69. The molecule has 2 aromatic heterocycles. The Kier molecular flexibility index (Phi) is 6.58. The van der Waals surface area contributed by atoms with Crippen molar-refractivity contribution in [3.8, 4) is 5.75 Å². The lowest BCUT2D eigenvalue weighted by molar-refractivity contribution is 0.290. The molecule has 0 saturated heterocycles. The number of ether oxygens (including phenoxy) is 1. The second-order valence-corrected chi connectivity index (χ2v) is 9.27. The van der Waals surface area contributed by atoms with Crippen LogP contribution in [0.15, 0.2) is 56.8 Å². The summed E-state index contributed by atoms with van der Waals surface area (Å²) >= 11 is 7.66. The Morgan fingerprint density at radius 2 is 1.97 bits per heavy atom. The minimum absolute atomic E-state index is 0.253. The minimum atomic E-state index is -0.350. The highest BCUT2D eigenvalue weighted by Gasteiger charge is 2.15. The van der Waals surface area contributed by atoms with Crippen LogP contribution in [0.25, 0.3) is 11.0 Å². The number of aryl methyl sites for hydroxylation is 1. The van der Waals surface area contributed by atoms with Gasteiger partial charge in [-0.3, -0.25) is 0 Å². The molecule has 166 valence electrons. The fraction of sp³-hybridized carbons (Fsp3) is 0.292. The summed E-state index contributed by atoms with van der Waals surface area (Å²) in [5.74, 6) is 2.24. The van der Waals surface area contributed by atoms with Crippen molar-refractivity contribution < 1.29 is 9.15 Å². The predicted molar refractivity (Wildman–Crippen MR) is 128 cm³/mol. The van der Waals surface area contributed by atoms with Crippen LogP contribution in [-0.4, -0.2) is 14.8 Å². The number of para-hydroxylation sites is 1. The largest absolute Gasteiger partial charge is 0.484 e. The zero-order valence-electron chi connectivity index (χ0n) is 18.4. The van der Waals surface area contributed by atoms with Crippen LogP contribution in [0.2, 0.25) is 5.02 Å². The molecule has 0 aliphatic heterocycles. The van der Waals surface area contributed by atoms with Crippen LogP contribution in [0.1, 0.15) is 42.3 Å². The molecule has 0 radical (unpaired) electrons. The number of fused-ring (bicyclic) bond motifs is 1. The van der Waals surface area contributed by atoms with Gasteiger partial charge in [-0.05, 0) is 53.8 Å². The van der Waals surface area contributed by atoms with E-state index in [4.69, 9.17) is 20.8 Å². The molecule has 0 atom stereocenters. The first-order valence-corrected chi connectivity index (χ1v) is 11.7. The first-order chi connectivity index (χ1) is 15.3. The van der Waals surface area contributed by atoms with Gasteiger partial charge in [0.15, 0.2) is 11.0 Å². The molecule has 0 amide bonds. The van der Waals surface area contributed by atoms with E-state index in [9.17, 15) is 4.79 Å². The molecule has 4 aromatic rings. The van der Waals surface area contributed by atoms with Crippen molar-refractivity contribution in [1.29, 1.82) is 0 Å². The lowest BCUT2D eigenvalue weighted by atomic mass is 9.95. The first-order valence-electron chi connectivity index (χ1n) is 10.3. The van der Waals surface area contributed by atoms with Crippen molar-refractivity contribution in [3.05, 3.63) is 80.4 Å². The molecule has 0 N–H and O–H groups in total. The fourth-order valence-corrected chi connectivity index (χ4v) is 4.69. The Balaban J connectivity index is 1.54. The third-order valence-electron chi connectivity index (χ3n) is 5.31. The van der Waals surface area contributed by atoms with Gasteiger partial charge in [-0.1, -0.05) is 49.3 Å². The number of halogens is 1. The summed E-state index contributed by atoms with van der Waals surface area (Å²) in [6.45, 7) is 6.62. The van der Waals surface area contributed by atoms with Crippen molar-refractivity contribution in [2.24, 2.45) is 7.05 Å². The van der Waals surface area contributed by atoms with Gasteiger partial charge in [0.2, 0.25) is 0 Å². The summed E-state index contributed by atoms with van der Waals surface area (Å²) in [5.41, 5.74) is 3.55. The molecule has 0 spiro atoms. The highest BCUT2D eigenvalue weighted by atomic mass is 35.5. The average Bonchev–Trinajstić information content (AvgIpc) is 3.10. The van der Waals surface area contributed by atoms with Crippen LogP contribution in [0.5, 0.6) is 5.75 Å². The van der Waals surface area contributed by atoms with Gasteiger partial charge >= 0.3 is 5.63 Å². The number of benzene rings is 2. The Morgan fingerprint density at radius 3 is 2.72 bits per heavy atom. The van der Waals surface area contributed by atoms with E-state index in [1.807, 2.05) is 42.8 Å². The van der Waals surface area contributed by atoms with Gasteiger partial charge in [0, 0.05) is 24.3 Å². The highest BCUT2D eigenvalue weighted by molar-refractivity contribution is 7.98. The quantitative estimate of drug-likeness (QED) is 0.249. The summed E-state index contributed by atoms with van der Waals surface area (Å²) in [6, 6.07) is 13.0. The lowest BCUT2D eigenvalue weighted by Gasteiger charge is -2.13. The van der Waals surface area contributed by atoms with Crippen LogP contribution >= 0.6 is 23.4 Å². The van der Waals surface area contributed by atoms with Crippen molar-refractivity contribution in [2.75, 3.05) is 0 Å². The molecule has 0 bridgehead atoms. The Morgan fingerprint density at radius 1 is 1.19 bits per heavy atom. The molecule has 0 unspecified atom stereocenters. The highest BCUT2D eigenvalue weighted by Crippen LogP contribution is 2.30. The SMILES string of the molecule is Cc1cc2oc(=O)cc(CSc3nnc(COc4ccccc4Cl)n3C)c2cc1C(C)C. The molecule has 8 heteroatoms. The number of hydrogen-bond acceptors (Lipinski definition) is 6. The van der Waals surface area contributed by atoms with E-state index in [0.717, 1.165) is 21.7 Å². The first kappa shape index (κ1) is 22.4. The van der Waals surface area contributed by atoms with E-state index >= 15 is 0 Å². The van der Waals surface area contributed by atoms with Crippen molar-refractivity contribution in [1.82, 2.24) is 14.8 Å². The predicted octanol–water partition coefficient (Wildman–Crippen LogP) is 5.88. The van der Waals surface area contributed by atoms with Crippen LogP contribution in [0, 0.1) is 6.92 Å². The molecular formula is C24H24ClN3O3S. The number of nitrogens with zero attached hydrogens (tertiary/aromatic N) is 3. The monoisotopic (exact) mass is 469 g/mol. The maximum Gasteiger partial charge on any atom is 0.336 e. The Labute approximate surface area is 195 Å². The minimum Gasteiger partial charge on any atom is -0.484 e. The molecule has 2 heterocycles. The summed E-state index contributed by atoms with van der Waals surface area (Å²) < 4.78 is 13.1. The third-order valence-corrected chi connectivity index (χ3v) is 6.70. The van der Waals surface area contributed by atoms with Crippen LogP contribution < -0.4 is 10.4 Å². The van der Waals surface area contributed by atoms with Crippen LogP contribution in [0.3, 0.4) is 0 Å². The number of aromatic nitrogens is 3. The van der Waals surface area contributed by atoms with Gasteiger partial charge in [-0.2, -0.15) is 0 Å². The summed E-state index contributed by atoms with van der Waals surface area (Å²) in [4.78, 5) is 12.1. The molecule has 2 aromatic carbocycles. The normalized spacial score (nSPS) is 11.4. The number of thioether (sulfide) groups is 1. The molecule has 4 rings (SSSR count). The topological polar surface area (TPSA) is 70.2 Å². The Hall–Kier alpha value is -2.77. The maximum atomic E-state index is 12.1. The average molecular weight is 470 g/mol. The second-order valence-electron chi connectivity index (χ2n) is 7.92. The van der Waals surface area contributed by atoms with Gasteiger partial charge in [0.05, 0.1) is 5.02 Å². The van der Waals surface area contributed by atoms with Gasteiger partial charge in [0.1, 0.15) is 17.9 Å². The molecule has 32 heavy (non-hydrogen) atoms. The fourth-order valence-electron chi connectivity index (χ4n) is 3.58. The standard InChI is InChI=1S/C24H24ClN3O3S/c1-14(2)17-11-18-16(10-23(29)31-21(18)9-15(17)3)13-32-24-27-26-22(28(24)4)12-30-20-8-6-5-7-19(20)25/h5-11,14H,12-13H2,1-4H3. The van der Waals surface area contributed by atoms with E-state index in [-0.39, 0.29) is 12.2 Å². The van der Waals surface area contributed by atoms with Gasteiger partial charge < -0.3 is 13.7 Å². The lowest BCUT2D eigenvalue weighted by Crippen LogP contribution is -2.05. The second kappa shape index (κ2) is 9.38. The van der Waals surface area contributed by atoms with E-state index < -0.39 is 0 Å². The Bertz CT molecular complexity index is 1330. The molecule has 0 aliphatic rings. The summed E-state index contributed by atoms with van der Waals surface area (Å²) in [6.07, 6.45) is 0. The number of rotatable bonds is 7. The molecule has 0 fully saturated rings. The van der Waals surface area contributed by atoms with Gasteiger partial charge in [0.25, 0.3) is 0 Å². The molecule has 0 aliphatic carbocycles. The zero-order valence-corrected chi connectivity index (χ0v) is 20.0. The number of hydrogen-bond donors (Lipinski definition) is 0.